The second-order valence-electron chi connectivity index (χ2n) is 2.13. The van der Waals surface area contributed by atoms with Crippen molar-refractivity contribution in [2.24, 2.45) is 0 Å². The molecule has 2 aliphatic rings. The first kappa shape index (κ1) is 11.5. The van der Waals surface area contributed by atoms with Gasteiger partial charge in [0.25, 0.3) is 0 Å². The average molecular weight is 200 g/mol. The Morgan fingerprint density at radius 1 is 1.36 bits per heavy atom. The number of rotatable bonds is 0. The largest absolute Gasteiger partial charge is 0.482 e. The summed E-state index contributed by atoms with van der Waals surface area (Å²) in [6, 6.07) is 0. The lowest BCUT2D eigenvalue weighted by molar-refractivity contribution is -0.206. The van der Waals surface area contributed by atoms with Crippen LogP contribution >= 0.6 is 24.0 Å². The molecule has 0 bridgehead atoms. The van der Waals surface area contributed by atoms with Crippen LogP contribution in [0.25, 0.3) is 0 Å². The van der Waals surface area contributed by atoms with Crippen LogP contribution in [0.2, 0.25) is 0 Å². The van der Waals surface area contributed by atoms with Gasteiger partial charge < -0.3 is 10.0 Å². The summed E-state index contributed by atoms with van der Waals surface area (Å²) in [5.74, 6) is 0. The number of nitrogens with zero attached hydrogens (tertiary/aromatic N) is 2. The van der Waals surface area contributed by atoms with Crippen molar-refractivity contribution in [2.75, 3.05) is 19.6 Å². The first-order chi connectivity index (χ1) is 4.79. The number of hydrazine groups is 1. The summed E-state index contributed by atoms with van der Waals surface area (Å²) in [6.07, 6.45) is 0. The van der Waals surface area contributed by atoms with Crippen LogP contribution in [0, 0.1) is 0 Å². The Hall–Kier alpha value is 0.485. The van der Waals surface area contributed by atoms with Gasteiger partial charge >= 0.3 is 7.69 Å². The van der Waals surface area contributed by atoms with Gasteiger partial charge in [-0.2, -0.15) is 0 Å². The molecule has 11 heavy (non-hydrogen) atoms. The summed E-state index contributed by atoms with van der Waals surface area (Å²) in [4.78, 5) is 0. The second kappa shape index (κ2) is 5.19. The molecule has 0 amide bonds. The molecule has 4 nitrogen and oxygen atoms in total. The zero-order valence-corrected chi connectivity index (χ0v) is 7.42. The Bertz CT molecular complexity index is 116. The van der Waals surface area contributed by atoms with Crippen molar-refractivity contribution in [2.45, 2.75) is 5.50 Å². The smallest absolute Gasteiger partial charge is 0.429 e. The molecule has 7 heteroatoms. The normalized spacial score (nSPS) is 27.7. The van der Waals surface area contributed by atoms with Gasteiger partial charge in [0.15, 0.2) is 0 Å². The van der Waals surface area contributed by atoms with Crippen LogP contribution < -0.4 is 0 Å². The molecular formula is C4H10BCl2N2O2. The van der Waals surface area contributed by atoms with Crippen molar-refractivity contribution in [1.29, 1.82) is 0 Å². The molecule has 2 heterocycles. The Kier molecular flexibility index (Phi) is 5.42. The Labute approximate surface area is 77.4 Å². The highest BCUT2D eigenvalue weighted by Gasteiger charge is 2.41. The Balaban J connectivity index is 0.000000225. The second-order valence-corrected chi connectivity index (χ2v) is 2.63. The SMILES string of the molecule is Cl.ClC1CN2CCN12.O[B]O. The van der Waals surface area contributed by atoms with Crippen molar-refractivity contribution in [1.82, 2.24) is 10.0 Å². The first-order valence-corrected chi connectivity index (χ1v) is 3.49. The van der Waals surface area contributed by atoms with E-state index in [2.05, 4.69) is 10.0 Å². The Morgan fingerprint density at radius 3 is 1.91 bits per heavy atom. The van der Waals surface area contributed by atoms with Gasteiger partial charge in [0.05, 0.1) is 0 Å². The van der Waals surface area contributed by atoms with Gasteiger partial charge in [0.2, 0.25) is 0 Å². The summed E-state index contributed by atoms with van der Waals surface area (Å²) < 4.78 is 0. The third kappa shape index (κ3) is 2.47. The van der Waals surface area contributed by atoms with Crippen molar-refractivity contribution in [3.63, 3.8) is 0 Å². The average Bonchev–Trinajstić information content (AvgIpc) is 1.84. The molecule has 2 fully saturated rings. The zero-order chi connectivity index (χ0) is 7.56. The van der Waals surface area contributed by atoms with Crippen molar-refractivity contribution in [3.8, 4) is 0 Å². The minimum atomic E-state index is 0. The van der Waals surface area contributed by atoms with E-state index in [-0.39, 0.29) is 20.1 Å². The van der Waals surface area contributed by atoms with Gasteiger partial charge in [-0.05, 0) is 0 Å². The first-order valence-electron chi connectivity index (χ1n) is 3.05. The van der Waals surface area contributed by atoms with E-state index in [0.29, 0.717) is 5.50 Å². The van der Waals surface area contributed by atoms with Crippen LogP contribution in [0.15, 0.2) is 0 Å². The lowest BCUT2D eigenvalue weighted by atomic mass is 10.3. The van der Waals surface area contributed by atoms with E-state index in [1.165, 1.54) is 13.1 Å². The van der Waals surface area contributed by atoms with Crippen LogP contribution in [0.5, 0.6) is 0 Å². The predicted octanol–water partition coefficient (Wildman–Crippen LogP) is -0.976. The molecule has 1 radical (unpaired) electrons. The molecule has 2 aliphatic heterocycles. The maximum Gasteiger partial charge on any atom is 0.482 e. The van der Waals surface area contributed by atoms with Crippen LogP contribution in [0.1, 0.15) is 0 Å². The highest BCUT2D eigenvalue weighted by atomic mass is 35.5. The number of piperazine rings is 1. The van der Waals surface area contributed by atoms with Gasteiger partial charge in [-0.15, -0.1) is 24.0 Å². The quantitative estimate of drug-likeness (QED) is 0.300. The van der Waals surface area contributed by atoms with E-state index in [1.54, 1.807) is 0 Å². The number of hydrogen-bond acceptors (Lipinski definition) is 4. The standard InChI is InChI=1S/C4H7ClN2.BH2O2.ClH/c5-4-3-6-1-2-7(4)6;2-1-3;/h4H,1-3H2;2-3H;1H. The van der Waals surface area contributed by atoms with E-state index in [4.69, 9.17) is 21.6 Å². The summed E-state index contributed by atoms with van der Waals surface area (Å²) in [5, 5.41) is 18.4. The molecule has 0 aromatic heterocycles. The molecule has 0 aromatic carbocycles. The zero-order valence-electron chi connectivity index (χ0n) is 5.85. The molecule has 0 aliphatic carbocycles. The van der Waals surface area contributed by atoms with Crippen molar-refractivity contribution < 1.29 is 10.0 Å². The fourth-order valence-corrected chi connectivity index (χ4v) is 1.42. The number of halogens is 2. The molecule has 0 aromatic rings. The van der Waals surface area contributed by atoms with Crippen molar-refractivity contribution in [3.05, 3.63) is 0 Å². The molecule has 0 spiro atoms. The minimum Gasteiger partial charge on any atom is -0.429 e. The maximum atomic E-state index is 7.00. The fourth-order valence-electron chi connectivity index (χ4n) is 1.04. The van der Waals surface area contributed by atoms with Gasteiger partial charge in [-0.1, -0.05) is 0 Å². The lowest BCUT2D eigenvalue weighted by Crippen LogP contribution is -2.71. The number of fused-ring (bicyclic) bond motifs is 1. The van der Waals surface area contributed by atoms with E-state index >= 15 is 0 Å². The van der Waals surface area contributed by atoms with Crippen LogP contribution in [-0.4, -0.2) is 52.9 Å². The molecular weight excluding hydrogens is 190 g/mol. The molecule has 2 N–H and O–H groups in total. The molecule has 2 rings (SSSR count). The van der Waals surface area contributed by atoms with E-state index in [1.807, 2.05) is 0 Å². The van der Waals surface area contributed by atoms with E-state index < -0.39 is 0 Å². The Morgan fingerprint density at radius 2 is 1.91 bits per heavy atom. The minimum absolute atomic E-state index is 0. The summed E-state index contributed by atoms with van der Waals surface area (Å²) in [7, 11) is 0. The molecule has 0 saturated carbocycles. The third-order valence-electron chi connectivity index (χ3n) is 1.64. The molecule has 1 atom stereocenters. The number of hydrogen-bond donors (Lipinski definition) is 2. The van der Waals surface area contributed by atoms with Gasteiger partial charge in [-0.3, -0.25) is 0 Å². The van der Waals surface area contributed by atoms with E-state index in [9.17, 15) is 0 Å². The highest BCUT2D eigenvalue weighted by molar-refractivity contribution is 6.21. The summed E-state index contributed by atoms with van der Waals surface area (Å²) in [6.45, 7) is 3.47. The van der Waals surface area contributed by atoms with Crippen LogP contribution in [0.4, 0.5) is 0 Å². The topological polar surface area (TPSA) is 46.9 Å². The van der Waals surface area contributed by atoms with Gasteiger partial charge in [0, 0.05) is 19.6 Å². The summed E-state index contributed by atoms with van der Waals surface area (Å²) in [5.41, 5.74) is 0.328. The molecule has 1 unspecified atom stereocenters. The molecule has 65 valence electrons. The lowest BCUT2D eigenvalue weighted by Gasteiger charge is -2.56. The highest BCUT2D eigenvalue weighted by Crippen LogP contribution is 2.27. The third-order valence-corrected chi connectivity index (χ3v) is 2.00. The molecule has 2 saturated heterocycles. The maximum absolute atomic E-state index is 7.00. The van der Waals surface area contributed by atoms with Gasteiger partial charge in [-0.25, -0.2) is 10.0 Å². The van der Waals surface area contributed by atoms with E-state index in [0.717, 1.165) is 6.54 Å². The fraction of sp³-hybridized carbons (Fsp3) is 1.00. The van der Waals surface area contributed by atoms with Crippen LogP contribution in [-0.2, 0) is 0 Å². The van der Waals surface area contributed by atoms with Crippen LogP contribution in [0.3, 0.4) is 0 Å². The predicted molar refractivity (Wildman–Crippen MR) is 45.4 cm³/mol. The monoisotopic (exact) mass is 199 g/mol. The van der Waals surface area contributed by atoms with Crippen molar-refractivity contribution >= 4 is 31.7 Å². The number of alkyl halides is 1. The van der Waals surface area contributed by atoms with Gasteiger partial charge in [0.1, 0.15) is 5.50 Å². The summed E-state index contributed by atoms with van der Waals surface area (Å²) >= 11 is 5.73.